The zero-order valence-corrected chi connectivity index (χ0v) is 13.4. The molecule has 5 heteroatoms. The van der Waals surface area contributed by atoms with Gasteiger partial charge in [-0.25, -0.2) is 0 Å². The van der Waals surface area contributed by atoms with E-state index in [9.17, 15) is 4.79 Å². The molecule has 5 nitrogen and oxygen atoms in total. The second-order valence-corrected chi connectivity index (χ2v) is 4.39. The normalized spacial score (nSPS) is 12.6. The molecule has 21 heavy (non-hydrogen) atoms. The van der Waals surface area contributed by atoms with Gasteiger partial charge in [0.15, 0.2) is 0 Å². The van der Waals surface area contributed by atoms with Gasteiger partial charge in [0.1, 0.15) is 12.4 Å². The first kappa shape index (κ1) is 19.1. The number of allylic oxidation sites excluding steroid dienone is 3. The number of amides is 1. The van der Waals surface area contributed by atoms with E-state index in [2.05, 4.69) is 17.4 Å². The maximum Gasteiger partial charge on any atom is 0.223 e. The topological polar surface area (TPSA) is 59.6 Å². The number of carbonyl (C=O) groups excluding carboxylic acids is 1. The maximum absolute atomic E-state index is 11.2. The highest BCUT2D eigenvalue weighted by Crippen LogP contribution is 2.04. The van der Waals surface area contributed by atoms with Gasteiger partial charge in [0.2, 0.25) is 5.91 Å². The molecule has 118 valence electrons. The van der Waals surface area contributed by atoms with Crippen LogP contribution in [0.5, 0.6) is 0 Å². The van der Waals surface area contributed by atoms with E-state index in [0.29, 0.717) is 12.4 Å². The van der Waals surface area contributed by atoms with E-state index in [0.717, 1.165) is 11.1 Å². The first-order valence-electron chi connectivity index (χ1n) is 6.83. The van der Waals surface area contributed by atoms with Crippen molar-refractivity contribution in [1.82, 2.24) is 10.8 Å². The molecule has 0 fully saturated rings. The maximum atomic E-state index is 11.2. The molecule has 0 bridgehead atoms. The van der Waals surface area contributed by atoms with Crippen molar-refractivity contribution < 1.29 is 14.4 Å². The van der Waals surface area contributed by atoms with E-state index in [1.54, 1.807) is 20.2 Å². The van der Waals surface area contributed by atoms with Gasteiger partial charge in [0.05, 0.1) is 6.61 Å². The minimum atomic E-state index is -0.0780. The summed E-state index contributed by atoms with van der Waals surface area (Å²) < 4.78 is 5.59. The number of ether oxygens (including phenoxy) is 1. The molecule has 0 spiro atoms. The number of carbonyl (C=O) groups is 1. The predicted molar refractivity (Wildman–Crippen MR) is 85.4 cm³/mol. The molecule has 0 radical (unpaired) electrons. The van der Waals surface area contributed by atoms with Gasteiger partial charge >= 0.3 is 0 Å². The van der Waals surface area contributed by atoms with Gasteiger partial charge in [0.25, 0.3) is 0 Å². The van der Waals surface area contributed by atoms with Crippen molar-refractivity contribution in [2.45, 2.75) is 20.3 Å². The quantitative estimate of drug-likeness (QED) is 0.368. The highest BCUT2D eigenvalue weighted by molar-refractivity contribution is 5.77. The van der Waals surface area contributed by atoms with Crippen molar-refractivity contribution in [3.05, 3.63) is 47.8 Å². The highest BCUT2D eigenvalue weighted by atomic mass is 16.7. The molecule has 0 aromatic heterocycles. The molecule has 0 unspecified atom stereocenters. The largest absolute Gasteiger partial charge is 0.411 e. The van der Waals surface area contributed by atoms with Crippen LogP contribution in [0.2, 0.25) is 0 Å². The number of hydrogen-bond acceptors (Lipinski definition) is 4. The van der Waals surface area contributed by atoms with Crippen LogP contribution in [-0.2, 0) is 14.4 Å². The first-order chi connectivity index (χ1) is 10.0. The Morgan fingerprint density at radius 1 is 1.24 bits per heavy atom. The lowest BCUT2D eigenvalue weighted by atomic mass is 10.2. The van der Waals surface area contributed by atoms with Crippen molar-refractivity contribution >= 4 is 5.91 Å². The third-order valence-corrected chi connectivity index (χ3v) is 2.49. The molecule has 0 aliphatic rings. The Bertz CT molecular complexity index is 423. The molecular weight excluding hydrogens is 268 g/mol. The number of hydroxylamine groups is 1. The smallest absolute Gasteiger partial charge is 0.223 e. The van der Waals surface area contributed by atoms with E-state index in [1.165, 1.54) is 0 Å². The van der Waals surface area contributed by atoms with Crippen molar-refractivity contribution in [3.8, 4) is 0 Å². The SMILES string of the molecule is C=C(C)/C=C\C(=C/C)COC/C(=C/CC(=O)NC)ONC. The molecule has 0 aromatic rings. The van der Waals surface area contributed by atoms with Crippen molar-refractivity contribution in [3.63, 3.8) is 0 Å². The van der Waals surface area contributed by atoms with E-state index >= 15 is 0 Å². The second kappa shape index (κ2) is 11.9. The van der Waals surface area contributed by atoms with Gasteiger partial charge in [-0.1, -0.05) is 30.4 Å². The van der Waals surface area contributed by atoms with Crippen molar-refractivity contribution in [1.29, 1.82) is 0 Å². The Balaban J connectivity index is 4.36. The van der Waals surface area contributed by atoms with Crippen molar-refractivity contribution in [2.75, 3.05) is 27.3 Å². The summed E-state index contributed by atoms with van der Waals surface area (Å²) in [6.45, 7) is 8.45. The standard InChI is InChI=1S/C16H26N2O3/c1-6-14(8-7-13(2)3)11-20-12-15(21-18-5)9-10-16(19)17-4/h6-9,18H,2,10-12H2,1,3-5H3,(H,17,19)/b8-7-,14-6+,15-9-. The third-order valence-electron chi connectivity index (χ3n) is 2.49. The Morgan fingerprint density at radius 3 is 2.48 bits per heavy atom. The lowest BCUT2D eigenvalue weighted by molar-refractivity contribution is -0.119. The summed E-state index contributed by atoms with van der Waals surface area (Å²) in [4.78, 5) is 16.4. The fourth-order valence-corrected chi connectivity index (χ4v) is 1.32. The second-order valence-electron chi connectivity index (χ2n) is 4.39. The van der Waals surface area contributed by atoms with Gasteiger partial charge in [-0.2, -0.15) is 5.48 Å². The molecule has 0 atom stereocenters. The molecule has 2 N–H and O–H groups in total. The molecule has 1 amide bonds. The Kier molecular flexibility index (Phi) is 10.9. The minimum Gasteiger partial charge on any atom is -0.411 e. The average molecular weight is 294 g/mol. The van der Waals surface area contributed by atoms with Crippen LogP contribution >= 0.6 is 0 Å². The highest BCUT2D eigenvalue weighted by Gasteiger charge is 2.02. The van der Waals surface area contributed by atoms with Crippen LogP contribution in [0.3, 0.4) is 0 Å². The molecule has 0 aliphatic heterocycles. The monoisotopic (exact) mass is 294 g/mol. The minimum absolute atomic E-state index is 0.0780. The van der Waals surface area contributed by atoms with Gasteiger partial charge in [-0.05, 0) is 25.5 Å². The average Bonchev–Trinajstić information content (AvgIpc) is 2.47. The first-order valence-corrected chi connectivity index (χ1v) is 6.83. The zero-order chi connectivity index (χ0) is 16.1. The number of nitrogens with one attached hydrogen (secondary N) is 2. The summed E-state index contributed by atoms with van der Waals surface area (Å²) in [5.41, 5.74) is 4.62. The Morgan fingerprint density at radius 2 is 1.95 bits per heavy atom. The third kappa shape index (κ3) is 10.6. The van der Waals surface area contributed by atoms with E-state index in [1.807, 2.05) is 32.1 Å². The molecule has 0 saturated heterocycles. The fraction of sp³-hybridized carbons (Fsp3) is 0.438. The van der Waals surface area contributed by atoms with Gasteiger partial charge in [0, 0.05) is 20.5 Å². The summed E-state index contributed by atoms with van der Waals surface area (Å²) in [7, 11) is 3.25. The van der Waals surface area contributed by atoms with Crippen LogP contribution in [-0.4, -0.2) is 33.2 Å². The summed E-state index contributed by atoms with van der Waals surface area (Å²) in [6, 6.07) is 0. The van der Waals surface area contributed by atoms with Crippen LogP contribution in [0.15, 0.2) is 47.8 Å². The summed E-state index contributed by atoms with van der Waals surface area (Å²) in [6.07, 6.45) is 7.82. The van der Waals surface area contributed by atoms with E-state index in [4.69, 9.17) is 9.57 Å². The fourth-order valence-electron chi connectivity index (χ4n) is 1.32. The van der Waals surface area contributed by atoms with Crippen molar-refractivity contribution in [2.24, 2.45) is 0 Å². The predicted octanol–water partition coefficient (Wildman–Crippen LogP) is 2.25. The molecule has 0 saturated carbocycles. The molecular formula is C16H26N2O3. The van der Waals surface area contributed by atoms with Gasteiger partial charge in [-0.15, -0.1) is 0 Å². The summed E-state index contributed by atoms with van der Waals surface area (Å²) >= 11 is 0. The van der Waals surface area contributed by atoms with Crippen LogP contribution < -0.4 is 10.8 Å². The molecule has 0 heterocycles. The Labute approximate surface area is 127 Å². The van der Waals surface area contributed by atoms with Crippen LogP contribution in [0.25, 0.3) is 0 Å². The van der Waals surface area contributed by atoms with Crippen LogP contribution in [0.4, 0.5) is 0 Å². The van der Waals surface area contributed by atoms with E-state index < -0.39 is 0 Å². The number of rotatable bonds is 10. The van der Waals surface area contributed by atoms with Gasteiger partial charge in [-0.3, -0.25) is 4.79 Å². The number of hydrogen-bond donors (Lipinski definition) is 2. The van der Waals surface area contributed by atoms with E-state index in [-0.39, 0.29) is 18.9 Å². The Hall–Kier alpha value is -1.85. The molecule has 0 aromatic carbocycles. The molecule has 0 aliphatic carbocycles. The van der Waals surface area contributed by atoms with Crippen LogP contribution in [0, 0.1) is 0 Å². The summed E-state index contributed by atoms with van der Waals surface area (Å²) in [5.74, 6) is 0.492. The summed E-state index contributed by atoms with van der Waals surface area (Å²) in [5, 5.41) is 2.55. The van der Waals surface area contributed by atoms with Crippen LogP contribution in [0.1, 0.15) is 20.3 Å². The zero-order valence-electron chi connectivity index (χ0n) is 13.4. The molecule has 0 rings (SSSR count). The van der Waals surface area contributed by atoms with Gasteiger partial charge < -0.3 is 14.9 Å². The lowest BCUT2D eigenvalue weighted by Crippen LogP contribution is -2.18. The lowest BCUT2D eigenvalue weighted by Gasteiger charge is -2.10.